The van der Waals surface area contributed by atoms with Gasteiger partial charge in [0, 0.05) is 48.1 Å². The molecule has 0 amide bonds. The highest BCUT2D eigenvalue weighted by Gasteiger charge is 2.08. The van der Waals surface area contributed by atoms with Crippen LogP contribution in [0.25, 0.3) is 10.9 Å². The Labute approximate surface area is 174 Å². The third kappa shape index (κ3) is 5.64. The molecule has 0 radical (unpaired) electrons. The standard InChI is InChI=1S/C21H24BrClN4/c1-2-12-27(15-16-5-3-9-26-21(16)22)13-4-10-24-19-8-11-25-20-14-17(23)6-7-18(19)20/h3,5-9,11,14H,2,4,10,12-13,15H2,1H3,(H,24,25). The van der Waals surface area contributed by atoms with Gasteiger partial charge in [-0.15, -0.1) is 0 Å². The van der Waals surface area contributed by atoms with Crippen LogP contribution in [0.4, 0.5) is 5.69 Å². The number of anilines is 1. The number of rotatable bonds is 9. The lowest BCUT2D eigenvalue weighted by atomic mass is 10.2. The second-order valence-electron chi connectivity index (χ2n) is 6.53. The Hall–Kier alpha value is -1.69. The lowest BCUT2D eigenvalue weighted by molar-refractivity contribution is 0.264. The minimum Gasteiger partial charge on any atom is -0.384 e. The van der Waals surface area contributed by atoms with E-state index < -0.39 is 0 Å². The first kappa shape index (κ1) is 20.1. The van der Waals surface area contributed by atoms with Gasteiger partial charge >= 0.3 is 0 Å². The maximum Gasteiger partial charge on any atom is 0.110 e. The number of halogens is 2. The predicted octanol–water partition coefficient (Wildman–Crippen LogP) is 5.76. The van der Waals surface area contributed by atoms with E-state index in [0.717, 1.165) is 60.2 Å². The summed E-state index contributed by atoms with van der Waals surface area (Å²) in [5.41, 5.74) is 3.26. The quantitative estimate of drug-likeness (QED) is 0.334. The van der Waals surface area contributed by atoms with Crippen molar-refractivity contribution in [3.63, 3.8) is 0 Å². The Morgan fingerprint density at radius 3 is 2.81 bits per heavy atom. The smallest absolute Gasteiger partial charge is 0.110 e. The van der Waals surface area contributed by atoms with Crippen molar-refractivity contribution in [1.82, 2.24) is 14.9 Å². The van der Waals surface area contributed by atoms with Crippen molar-refractivity contribution in [2.75, 3.05) is 25.0 Å². The molecule has 3 rings (SSSR count). The summed E-state index contributed by atoms with van der Waals surface area (Å²) in [6.07, 6.45) is 5.84. The number of pyridine rings is 2. The van der Waals surface area contributed by atoms with Gasteiger partial charge in [-0.25, -0.2) is 4.98 Å². The van der Waals surface area contributed by atoms with E-state index >= 15 is 0 Å². The van der Waals surface area contributed by atoms with Crippen LogP contribution in [0.15, 0.2) is 53.4 Å². The number of benzene rings is 1. The molecule has 0 bridgehead atoms. The highest BCUT2D eigenvalue weighted by Crippen LogP contribution is 2.24. The number of aromatic nitrogens is 2. The second-order valence-corrected chi connectivity index (χ2v) is 7.72. The SMILES string of the molecule is CCCN(CCCNc1ccnc2cc(Cl)ccc12)Cc1cccnc1Br. The Balaban J connectivity index is 1.56. The van der Waals surface area contributed by atoms with Crippen LogP contribution >= 0.6 is 27.5 Å². The zero-order chi connectivity index (χ0) is 19.1. The molecule has 4 nitrogen and oxygen atoms in total. The Morgan fingerprint density at radius 2 is 2.00 bits per heavy atom. The Morgan fingerprint density at radius 1 is 1.11 bits per heavy atom. The largest absolute Gasteiger partial charge is 0.384 e. The molecule has 2 heterocycles. The molecule has 6 heteroatoms. The maximum atomic E-state index is 6.07. The molecule has 0 saturated carbocycles. The average Bonchev–Trinajstić information content (AvgIpc) is 2.66. The summed E-state index contributed by atoms with van der Waals surface area (Å²) in [7, 11) is 0. The summed E-state index contributed by atoms with van der Waals surface area (Å²) in [5, 5.41) is 5.36. The Bertz CT molecular complexity index is 887. The minimum atomic E-state index is 0.712. The molecule has 142 valence electrons. The van der Waals surface area contributed by atoms with Crippen LogP contribution in [0.1, 0.15) is 25.3 Å². The van der Waals surface area contributed by atoms with E-state index in [1.807, 2.05) is 42.7 Å². The van der Waals surface area contributed by atoms with Gasteiger partial charge in [-0.3, -0.25) is 9.88 Å². The fourth-order valence-corrected chi connectivity index (χ4v) is 3.71. The fraction of sp³-hybridized carbons (Fsp3) is 0.333. The van der Waals surface area contributed by atoms with Gasteiger partial charge in [0.15, 0.2) is 0 Å². The molecule has 0 aliphatic carbocycles. The first-order valence-electron chi connectivity index (χ1n) is 9.27. The molecule has 0 aliphatic heterocycles. The molecule has 1 N–H and O–H groups in total. The van der Waals surface area contributed by atoms with Gasteiger partial charge in [0.25, 0.3) is 0 Å². The number of fused-ring (bicyclic) bond motifs is 1. The van der Waals surface area contributed by atoms with E-state index in [9.17, 15) is 0 Å². The third-order valence-electron chi connectivity index (χ3n) is 4.44. The zero-order valence-electron chi connectivity index (χ0n) is 15.5. The number of hydrogen-bond donors (Lipinski definition) is 1. The first-order valence-corrected chi connectivity index (χ1v) is 10.4. The molecule has 0 aliphatic rings. The minimum absolute atomic E-state index is 0.712. The van der Waals surface area contributed by atoms with Crippen molar-refractivity contribution >= 4 is 44.1 Å². The van der Waals surface area contributed by atoms with Crippen molar-refractivity contribution in [1.29, 1.82) is 0 Å². The highest BCUT2D eigenvalue weighted by molar-refractivity contribution is 9.10. The molecule has 3 aromatic rings. The van der Waals surface area contributed by atoms with Crippen LogP contribution in [0.2, 0.25) is 5.02 Å². The fourth-order valence-electron chi connectivity index (χ4n) is 3.17. The highest BCUT2D eigenvalue weighted by atomic mass is 79.9. The van der Waals surface area contributed by atoms with E-state index in [2.05, 4.69) is 49.1 Å². The van der Waals surface area contributed by atoms with Crippen LogP contribution in [0.5, 0.6) is 0 Å². The van der Waals surface area contributed by atoms with Gasteiger partial charge < -0.3 is 5.32 Å². The predicted molar refractivity (Wildman–Crippen MR) is 117 cm³/mol. The molecule has 0 atom stereocenters. The average molecular weight is 448 g/mol. The summed E-state index contributed by atoms with van der Waals surface area (Å²) in [6, 6.07) is 12.0. The molecule has 0 spiro atoms. The van der Waals surface area contributed by atoms with E-state index in [1.165, 1.54) is 5.56 Å². The summed E-state index contributed by atoms with van der Waals surface area (Å²) in [4.78, 5) is 11.2. The number of nitrogens with one attached hydrogen (secondary N) is 1. The van der Waals surface area contributed by atoms with Crippen LogP contribution in [0.3, 0.4) is 0 Å². The van der Waals surface area contributed by atoms with Crippen LogP contribution < -0.4 is 5.32 Å². The molecule has 27 heavy (non-hydrogen) atoms. The van der Waals surface area contributed by atoms with Gasteiger partial charge in [-0.2, -0.15) is 0 Å². The number of nitrogens with zero attached hydrogens (tertiary/aromatic N) is 3. The van der Waals surface area contributed by atoms with Gasteiger partial charge in [-0.05, 0) is 71.2 Å². The van der Waals surface area contributed by atoms with Crippen LogP contribution in [-0.4, -0.2) is 34.5 Å². The number of hydrogen-bond acceptors (Lipinski definition) is 4. The van der Waals surface area contributed by atoms with E-state index in [4.69, 9.17) is 11.6 Å². The molecule has 0 saturated heterocycles. The lowest BCUT2D eigenvalue weighted by Gasteiger charge is -2.22. The van der Waals surface area contributed by atoms with Gasteiger partial charge in [0.1, 0.15) is 4.60 Å². The summed E-state index contributed by atoms with van der Waals surface area (Å²) in [6.45, 7) is 6.17. The Kier molecular flexibility index (Phi) is 7.44. The van der Waals surface area contributed by atoms with E-state index in [0.29, 0.717) is 5.02 Å². The normalized spacial score (nSPS) is 11.3. The lowest BCUT2D eigenvalue weighted by Crippen LogP contribution is -2.27. The van der Waals surface area contributed by atoms with Gasteiger partial charge in [0.05, 0.1) is 5.52 Å². The second kappa shape index (κ2) is 10.0. The molecular weight excluding hydrogens is 424 g/mol. The van der Waals surface area contributed by atoms with E-state index in [-0.39, 0.29) is 0 Å². The summed E-state index contributed by atoms with van der Waals surface area (Å²) in [5.74, 6) is 0. The third-order valence-corrected chi connectivity index (χ3v) is 5.39. The van der Waals surface area contributed by atoms with Gasteiger partial charge in [-0.1, -0.05) is 24.6 Å². The zero-order valence-corrected chi connectivity index (χ0v) is 17.8. The topological polar surface area (TPSA) is 41.0 Å². The molecule has 2 aromatic heterocycles. The molecule has 0 unspecified atom stereocenters. The summed E-state index contributed by atoms with van der Waals surface area (Å²) < 4.78 is 0.936. The van der Waals surface area contributed by atoms with Crippen LogP contribution in [-0.2, 0) is 6.54 Å². The van der Waals surface area contributed by atoms with Crippen molar-refractivity contribution in [2.45, 2.75) is 26.3 Å². The van der Waals surface area contributed by atoms with Crippen LogP contribution in [0, 0.1) is 0 Å². The van der Waals surface area contributed by atoms with Crippen molar-refractivity contribution in [3.8, 4) is 0 Å². The van der Waals surface area contributed by atoms with Crippen molar-refractivity contribution in [2.24, 2.45) is 0 Å². The van der Waals surface area contributed by atoms with Gasteiger partial charge in [0.2, 0.25) is 0 Å². The maximum absolute atomic E-state index is 6.07. The molecular formula is C21H24BrClN4. The monoisotopic (exact) mass is 446 g/mol. The summed E-state index contributed by atoms with van der Waals surface area (Å²) >= 11 is 9.62. The van der Waals surface area contributed by atoms with Crippen molar-refractivity contribution < 1.29 is 0 Å². The first-order chi connectivity index (χ1) is 13.2. The van der Waals surface area contributed by atoms with Crippen molar-refractivity contribution in [3.05, 3.63) is 64.0 Å². The molecule has 1 aromatic carbocycles. The molecule has 0 fully saturated rings. The van der Waals surface area contributed by atoms with E-state index in [1.54, 1.807) is 0 Å².